The summed E-state index contributed by atoms with van der Waals surface area (Å²) in [6, 6.07) is 0. The fraction of sp³-hybridized carbons (Fsp3) is 0.556. The van der Waals surface area contributed by atoms with Gasteiger partial charge in [-0.25, -0.2) is 9.59 Å². The Hall–Kier alpha value is -1.52. The maximum atomic E-state index is 9.21. The number of hydrogen-bond acceptors (Lipinski definition) is 3. The van der Waals surface area contributed by atoms with E-state index in [1.165, 1.54) is 25.7 Å². The number of hydrogen-bond donors (Lipinski definition) is 2. The molecule has 0 radical (unpaired) electrons. The minimum Gasteiger partial charge on any atom is -0.449 e. The summed E-state index contributed by atoms with van der Waals surface area (Å²) >= 11 is 0. The average Bonchev–Trinajstić information content (AvgIpc) is 2.03. The van der Waals surface area contributed by atoms with E-state index in [-0.39, 0.29) is 0 Å². The molecule has 0 saturated carbocycles. The molecular weight excluding hydrogens is 188 g/mol. The van der Waals surface area contributed by atoms with Crippen LogP contribution in [0.1, 0.15) is 32.6 Å². The predicted octanol–water partition coefficient (Wildman–Crippen LogP) is 2.87. The van der Waals surface area contributed by atoms with Crippen LogP contribution in [0.25, 0.3) is 0 Å². The topological polar surface area (TPSA) is 83.8 Å². The highest BCUT2D eigenvalue weighted by molar-refractivity contribution is 5.74. The van der Waals surface area contributed by atoms with Gasteiger partial charge in [-0.2, -0.15) is 0 Å². The van der Waals surface area contributed by atoms with E-state index in [2.05, 4.69) is 17.7 Å². The maximum absolute atomic E-state index is 9.21. The minimum atomic E-state index is -1.81. The van der Waals surface area contributed by atoms with Crippen LogP contribution < -0.4 is 0 Å². The van der Waals surface area contributed by atoms with Gasteiger partial charge in [0.25, 0.3) is 0 Å². The van der Waals surface area contributed by atoms with E-state index < -0.39 is 12.3 Å². The van der Waals surface area contributed by atoms with Gasteiger partial charge in [-0.3, -0.25) is 0 Å². The van der Waals surface area contributed by atoms with Gasteiger partial charge in [0.1, 0.15) is 0 Å². The normalized spacial score (nSPS) is 14.5. The largest absolute Gasteiger partial charge is 0.516 e. The number of carbonyl (C=O) groups is 2. The first-order valence-electron chi connectivity index (χ1n) is 4.31. The summed E-state index contributed by atoms with van der Waals surface area (Å²) in [4.78, 5) is 18.4. The molecule has 0 aromatic carbocycles. The summed E-state index contributed by atoms with van der Waals surface area (Å²) in [5, 5.41) is 15.0. The Balaban J connectivity index is 0.000000241. The molecule has 0 aromatic heterocycles. The van der Waals surface area contributed by atoms with Gasteiger partial charge in [0, 0.05) is 0 Å². The van der Waals surface area contributed by atoms with Crippen molar-refractivity contribution in [3.8, 4) is 0 Å². The highest BCUT2D eigenvalue weighted by Crippen LogP contribution is 2.15. The summed E-state index contributed by atoms with van der Waals surface area (Å²) in [6.45, 7) is 2.22. The van der Waals surface area contributed by atoms with Crippen molar-refractivity contribution in [2.24, 2.45) is 0 Å². The lowest BCUT2D eigenvalue weighted by atomic mass is 10.0. The van der Waals surface area contributed by atoms with Crippen LogP contribution in [-0.4, -0.2) is 22.5 Å². The molecule has 14 heavy (non-hydrogen) atoms. The molecule has 5 heteroatoms. The molecule has 80 valence electrons. The van der Waals surface area contributed by atoms with Gasteiger partial charge in [-0.05, 0) is 32.6 Å². The van der Waals surface area contributed by atoms with Gasteiger partial charge < -0.3 is 14.9 Å². The van der Waals surface area contributed by atoms with E-state index in [1.54, 1.807) is 5.57 Å². The van der Waals surface area contributed by atoms with E-state index >= 15 is 0 Å². The Bertz CT molecular complexity index is 219. The number of carboxylic acid groups (broad SMARTS) is 2. The third-order valence-corrected chi connectivity index (χ3v) is 1.69. The molecule has 0 spiro atoms. The van der Waals surface area contributed by atoms with Gasteiger partial charge in [-0.15, -0.1) is 0 Å². The lowest BCUT2D eigenvalue weighted by Crippen LogP contribution is -2.05. The lowest BCUT2D eigenvalue weighted by Gasteiger charge is -2.05. The van der Waals surface area contributed by atoms with Crippen LogP contribution in [0.2, 0.25) is 0 Å². The Morgan fingerprint density at radius 3 is 2.00 bits per heavy atom. The third kappa shape index (κ3) is 8.58. The first-order chi connectivity index (χ1) is 6.52. The zero-order chi connectivity index (χ0) is 11.0. The fourth-order valence-electron chi connectivity index (χ4n) is 1.07. The van der Waals surface area contributed by atoms with Gasteiger partial charge in [0.2, 0.25) is 0 Å². The first-order valence-corrected chi connectivity index (χ1v) is 4.31. The standard InChI is InChI=1S/C7H12.C2H2O5/c1-7-5-3-2-4-6-7;3-1(4)7-2(5)6/h5H,2-4,6H2,1H3;(H,3,4)(H,5,6). The van der Waals surface area contributed by atoms with Crippen molar-refractivity contribution < 1.29 is 24.5 Å². The van der Waals surface area contributed by atoms with Gasteiger partial charge in [0.05, 0.1) is 0 Å². The van der Waals surface area contributed by atoms with Gasteiger partial charge in [-0.1, -0.05) is 11.6 Å². The summed E-state index contributed by atoms with van der Waals surface area (Å²) in [5.41, 5.74) is 1.59. The van der Waals surface area contributed by atoms with Crippen LogP contribution in [0, 0.1) is 0 Å². The smallest absolute Gasteiger partial charge is 0.449 e. The Morgan fingerprint density at radius 2 is 1.86 bits per heavy atom. The second-order valence-corrected chi connectivity index (χ2v) is 2.93. The number of ether oxygens (including phenoxy) is 1. The fourth-order valence-corrected chi connectivity index (χ4v) is 1.07. The van der Waals surface area contributed by atoms with Crippen LogP contribution in [0.4, 0.5) is 9.59 Å². The zero-order valence-electron chi connectivity index (χ0n) is 8.02. The third-order valence-electron chi connectivity index (χ3n) is 1.69. The predicted molar refractivity (Wildman–Crippen MR) is 49.4 cm³/mol. The van der Waals surface area contributed by atoms with Crippen molar-refractivity contribution in [1.29, 1.82) is 0 Å². The molecule has 0 bridgehead atoms. The van der Waals surface area contributed by atoms with E-state index in [4.69, 9.17) is 10.2 Å². The average molecular weight is 202 g/mol. The molecule has 0 fully saturated rings. The van der Waals surface area contributed by atoms with Crippen LogP contribution >= 0.6 is 0 Å². The molecule has 0 atom stereocenters. The Morgan fingerprint density at radius 1 is 1.29 bits per heavy atom. The molecule has 0 aliphatic heterocycles. The van der Waals surface area contributed by atoms with Crippen LogP contribution in [0.3, 0.4) is 0 Å². The lowest BCUT2D eigenvalue weighted by molar-refractivity contribution is 0.0802. The maximum Gasteiger partial charge on any atom is 0.516 e. The van der Waals surface area contributed by atoms with Gasteiger partial charge in [0.15, 0.2) is 0 Å². The van der Waals surface area contributed by atoms with Crippen molar-refractivity contribution in [1.82, 2.24) is 0 Å². The molecule has 5 nitrogen and oxygen atoms in total. The Labute approximate surface area is 82.0 Å². The van der Waals surface area contributed by atoms with Crippen molar-refractivity contribution in [3.63, 3.8) is 0 Å². The molecule has 0 heterocycles. The molecular formula is C9H14O5. The van der Waals surface area contributed by atoms with E-state index in [9.17, 15) is 9.59 Å². The summed E-state index contributed by atoms with van der Waals surface area (Å²) in [7, 11) is 0. The number of allylic oxidation sites excluding steroid dienone is 2. The van der Waals surface area contributed by atoms with Crippen molar-refractivity contribution in [3.05, 3.63) is 11.6 Å². The quantitative estimate of drug-likeness (QED) is 0.358. The first kappa shape index (κ1) is 12.5. The second-order valence-electron chi connectivity index (χ2n) is 2.93. The van der Waals surface area contributed by atoms with Crippen LogP contribution in [0.5, 0.6) is 0 Å². The van der Waals surface area contributed by atoms with Crippen LogP contribution in [0.15, 0.2) is 11.6 Å². The summed E-state index contributed by atoms with van der Waals surface area (Å²) in [5.74, 6) is 0. The van der Waals surface area contributed by atoms with Crippen molar-refractivity contribution >= 4 is 12.3 Å². The van der Waals surface area contributed by atoms with Crippen LogP contribution in [-0.2, 0) is 4.74 Å². The second kappa shape index (κ2) is 6.94. The molecule has 1 aliphatic rings. The molecule has 0 saturated heterocycles. The molecule has 0 unspecified atom stereocenters. The minimum absolute atomic E-state index is 1.33. The SMILES string of the molecule is CC1=CCCCC1.O=C(O)OC(=O)O. The van der Waals surface area contributed by atoms with Crippen molar-refractivity contribution in [2.75, 3.05) is 0 Å². The van der Waals surface area contributed by atoms with E-state index in [0.717, 1.165) is 0 Å². The van der Waals surface area contributed by atoms with E-state index in [0.29, 0.717) is 0 Å². The highest BCUT2D eigenvalue weighted by atomic mass is 16.7. The zero-order valence-corrected chi connectivity index (χ0v) is 8.02. The molecule has 0 amide bonds. The summed E-state index contributed by atoms with van der Waals surface area (Å²) in [6.07, 6.45) is 4.23. The monoisotopic (exact) mass is 202 g/mol. The Kier molecular flexibility index (Phi) is 6.19. The number of rotatable bonds is 0. The van der Waals surface area contributed by atoms with E-state index in [1.807, 2.05) is 0 Å². The molecule has 0 aromatic rings. The molecule has 2 N–H and O–H groups in total. The highest BCUT2D eigenvalue weighted by Gasteiger charge is 2.01. The molecule has 1 rings (SSSR count). The van der Waals surface area contributed by atoms with Gasteiger partial charge >= 0.3 is 12.3 Å². The summed E-state index contributed by atoms with van der Waals surface area (Å²) < 4.78 is 3.08. The molecule has 1 aliphatic carbocycles. The van der Waals surface area contributed by atoms with Crippen molar-refractivity contribution in [2.45, 2.75) is 32.6 Å².